The van der Waals surface area contributed by atoms with E-state index in [1.807, 2.05) is 30.3 Å². The third kappa shape index (κ3) is 4.17. The minimum atomic E-state index is -0.118. The molecule has 0 saturated heterocycles. The Hall–Kier alpha value is -1.68. The van der Waals surface area contributed by atoms with E-state index >= 15 is 0 Å². The van der Waals surface area contributed by atoms with Gasteiger partial charge in [-0.05, 0) is 23.1 Å². The van der Waals surface area contributed by atoms with Gasteiger partial charge in [0.25, 0.3) is 0 Å². The summed E-state index contributed by atoms with van der Waals surface area (Å²) in [5.74, 6) is 0. The van der Waals surface area contributed by atoms with Crippen LogP contribution in [0.1, 0.15) is 22.7 Å². The van der Waals surface area contributed by atoms with Gasteiger partial charge in [-0.1, -0.05) is 54.6 Å². The number of rotatable bonds is 7. The fraction of sp³-hybridized carbons (Fsp3) is 0.294. The lowest BCUT2D eigenvalue weighted by Gasteiger charge is -2.16. The SMILES string of the molecule is OCCNC(CO)c1ccc(Cc2ccccc2)cc1. The molecule has 20 heavy (non-hydrogen) atoms. The summed E-state index contributed by atoms with van der Waals surface area (Å²) in [7, 11) is 0. The molecule has 0 aromatic heterocycles. The molecular weight excluding hydrogens is 250 g/mol. The molecule has 0 bridgehead atoms. The molecule has 0 amide bonds. The van der Waals surface area contributed by atoms with Gasteiger partial charge in [-0.15, -0.1) is 0 Å². The van der Waals surface area contributed by atoms with Gasteiger partial charge in [-0.3, -0.25) is 0 Å². The van der Waals surface area contributed by atoms with Gasteiger partial charge in [0.05, 0.1) is 19.3 Å². The predicted molar refractivity (Wildman–Crippen MR) is 80.6 cm³/mol. The normalized spacial score (nSPS) is 12.3. The monoisotopic (exact) mass is 271 g/mol. The highest BCUT2D eigenvalue weighted by Crippen LogP contribution is 2.15. The highest BCUT2D eigenvalue weighted by molar-refractivity contribution is 5.30. The summed E-state index contributed by atoms with van der Waals surface area (Å²) in [6, 6.07) is 18.5. The van der Waals surface area contributed by atoms with Crippen LogP contribution in [-0.2, 0) is 6.42 Å². The van der Waals surface area contributed by atoms with Gasteiger partial charge in [-0.25, -0.2) is 0 Å². The first-order chi connectivity index (χ1) is 9.83. The molecule has 3 nitrogen and oxygen atoms in total. The van der Waals surface area contributed by atoms with Crippen LogP contribution in [0.25, 0.3) is 0 Å². The lowest BCUT2D eigenvalue weighted by Crippen LogP contribution is -2.27. The van der Waals surface area contributed by atoms with Crippen LogP contribution in [0.5, 0.6) is 0 Å². The molecule has 2 aromatic carbocycles. The van der Waals surface area contributed by atoms with Gasteiger partial charge in [-0.2, -0.15) is 0 Å². The minimum absolute atomic E-state index is 0.0258. The first kappa shape index (κ1) is 14.7. The minimum Gasteiger partial charge on any atom is -0.395 e. The van der Waals surface area contributed by atoms with E-state index in [0.717, 1.165) is 12.0 Å². The molecule has 2 aromatic rings. The molecule has 0 aliphatic carbocycles. The molecule has 1 atom stereocenters. The van der Waals surface area contributed by atoms with Crippen molar-refractivity contribution in [3.05, 3.63) is 71.3 Å². The molecule has 2 rings (SSSR count). The van der Waals surface area contributed by atoms with Crippen LogP contribution in [0.3, 0.4) is 0 Å². The van der Waals surface area contributed by atoms with Crippen LogP contribution in [0, 0.1) is 0 Å². The summed E-state index contributed by atoms with van der Waals surface area (Å²) in [6.07, 6.45) is 0.912. The zero-order chi connectivity index (χ0) is 14.2. The van der Waals surface area contributed by atoms with E-state index in [4.69, 9.17) is 5.11 Å². The zero-order valence-electron chi connectivity index (χ0n) is 11.5. The number of benzene rings is 2. The van der Waals surface area contributed by atoms with Crippen LogP contribution >= 0.6 is 0 Å². The second-order valence-electron chi connectivity index (χ2n) is 4.82. The second-order valence-corrected chi connectivity index (χ2v) is 4.82. The fourth-order valence-electron chi connectivity index (χ4n) is 2.23. The predicted octanol–water partition coefficient (Wildman–Crippen LogP) is 1.89. The molecule has 0 spiro atoms. The summed E-state index contributed by atoms with van der Waals surface area (Å²) in [5.41, 5.74) is 3.58. The number of aliphatic hydroxyl groups is 2. The van der Waals surface area contributed by atoms with Crippen molar-refractivity contribution < 1.29 is 10.2 Å². The van der Waals surface area contributed by atoms with Crippen molar-refractivity contribution in [3.8, 4) is 0 Å². The highest BCUT2D eigenvalue weighted by atomic mass is 16.3. The van der Waals surface area contributed by atoms with E-state index in [2.05, 4.69) is 29.6 Å². The first-order valence-electron chi connectivity index (χ1n) is 6.91. The number of hydrogen-bond donors (Lipinski definition) is 3. The van der Waals surface area contributed by atoms with Crippen molar-refractivity contribution in [3.63, 3.8) is 0 Å². The molecule has 106 valence electrons. The van der Waals surface area contributed by atoms with E-state index in [1.54, 1.807) is 0 Å². The molecule has 0 fully saturated rings. The van der Waals surface area contributed by atoms with Crippen molar-refractivity contribution >= 4 is 0 Å². The maximum absolute atomic E-state index is 9.37. The fourth-order valence-corrected chi connectivity index (χ4v) is 2.23. The number of hydrogen-bond acceptors (Lipinski definition) is 3. The van der Waals surface area contributed by atoms with E-state index in [9.17, 15) is 5.11 Å². The standard InChI is InChI=1S/C17H21NO2/c19-11-10-18-17(13-20)16-8-6-15(7-9-16)12-14-4-2-1-3-5-14/h1-9,17-20H,10-13H2. The van der Waals surface area contributed by atoms with Gasteiger partial charge in [0, 0.05) is 6.54 Å². The molecular formula is C17H21NO2. The van der Waals surface area contributed by atoms with Crippen molar-refractivity contribution in [2.75, 3.05) is 19.8 Å². The Morgan fingerprint density at radius 3 is 2.10 bits per heavy atom. The van der Waals surface area contributed by atoms with Gasteiger partial charge >= 0.3 is 0 Å². The van der Waals surface area contributed by atoms with Crippen LogP contribution < -0.4 is 5.32 Å². The summed E-state index contributed by atoms with van der Waals surface area (Å²) < 4.78 is 0. The molecule has 0 heterocycles. The van der Waals surface area contributed by atoms with Crippen LogP contribution in [-0.4, -0.2) is 30.0 Å². The van der Waals surface area contributed by atoms with Crippen LogP contribution in [0.2, 0.25) is 0 Å². The van der Waals surface area contributed by atoms with Crippen molar-refractivity contribution in [1.82, 2.24) is 5.32 Å². The highest BCUT2D eigenvalue weighted by Gasteiger charge is 2.08. The van der Waals surface area contributed by atoms with Crippen LogP contribution in [0.4, 0.5) is 0 Å². The van der Waals surface area contributed by atoms with E-state index in [-0.39, 0.29) is 19.3 Å². The van der Waals surface area contributed by atoms with Crippen molar-refractivity contribution in [1.29, 1.82) is 0 Å². The lowest BCUT2D eigenvalue weighted by molar-refractivity contribution is 0.227. The van der Waals surface area contributed by atoms with E-state index in [0.29, 0.717) is 6.54 Å². The molecule has 1 unspecified atom stereocenters. The maximum Gasteiger partial charge on any atom is 0.0626 e. The Morgan fingerprint density at radius 1 is 0.850 bits per heavy atom. The Kier molecular flexibility index (Phi) is 5.74. The van der Waals surface area contributed by atoms with E-state index in [1.165, 1.54) is 11.1 Å². The van der Waals surface area contributed by atoms with Gasteiger partial charge in [0.1, 0.15) is 0 Å². The van der Waals surface area contributed by atoms with Crippen molar-refractivity contribution in [2.45, 2.75) is 12.5 Å². The topological polar surface area (TPSA) is 52.5 Å². The third-order valence-electron chi connectivity index (χ3n) is 3.32. The molecule has 0 saturated carbocycles. The smallest absolute Gasteiger partial charge is 0.0626 e. The van der Waals surface area contributed by atoms with Gasteiger partial charge in [0.2, 0.25) is 0 Å². The Balaban J connectivity index is 2.02. The summed E-state index contributed by atoms with van der Waals surface area (Å²) in [6.45, 7) is 0.581. The summed E-state index contributed by atoms with van der Waals surface area (Å²) >= 11 is 0. The summed E-state index contributed by atoms with van der Waals surface area (Å²) in [4.78, 5) is 0. The van der Waals surface area contributed by atoms with Crippen molar-refractivity contribution in [2.24, 2.45) is 0 Å². The zero-order valence-corrected chi connectivity index (χ0v) is 11.5. The molecule has 3 heteroatoms. The van der Waals surface area contributed by atoms with E-state index < -0.39 is 0 Å². The number of nitrogens with one attached hydrogen (secondary N) is 1. The van der Waals surface area contributed by atoms with Gasteiger partial charge < -0.3 is 15.5 Å². The van der Waals surface area contributed by atoms with Crippen LogP contribution in [0.15, 0.2) is 54.6 Å². The maximum atomic E-state index is 9.37. The first-order valence-corrected chi connectivity index (χ1v) is 6.91. The Bertz CT molecular complexity index is 496. The molecule has 3 N–H and O–H groups in total. The lowest BCUT2D eigenvalue weighted by atomic mass is 10.0. The second kappa shape index (κ2) is 7.80. The Labute approximate surface area is 119 Å². The molecule has 0 aliphatic rings. The summed E-state index contributed by atoms with van der Waals surface area (Å²) in [5, 5.41) is 21.3. The largest absolute Gasteiger partial charge is 0.395 e. The Morgan fingerprint density at radius 2 is 1.50 bits per heavy atom. The van der Waals surface area contributed by atoms with Gasteiger partial charge in [0.15, 0.2) is 0 Å². The quantitative estimate of drug-likeness (QED) is 0.721. The molecule has 0 aliphatic heterocycles. The average molecular weight is 271 g/mol. The molecule has 0 radical (unpaired) electrons. The number of aliphatic hydroxyl groups excluding tert-OH is 2. The third-order valence-corrected chi connectivity index (χ3v) is 3.32. The average Bonchev–Trinajstić information content (AvgIpc) is 2.50.